The van der Waals surface area contributed by atoms with Gasteiger partial charge in [-0.25, -0.2) is 0 Å². The molecule has 0 spiro atoms. The van der Waals surface area contributed by atoms with E-state index in [1.165, 1.54) is 18.2 Å². The quantitative estimate of drug-likeness (QED) is 0.637. The molecule has 24 heavy (non-hydrogen) atoms. The molecule has 1 aliphatic rings. The van der Waals surface area contributed by atoms with E-state index in [0.717, 1.165) is 32.4 Å². The average molecular weight is 344 g/mol. The van der Waals surface area contributed by atoms with Gasteiger partial charge in [0.25, 0.3) is 0 Å². The summed E-state index contributed by atoms with van der Waals surface area (Å²) in [7, 11) is 2.11. The van der Waals surface area contributed by atoms with E-state index >= 15 is 0 Å². The van der Waals surface area contributed by atoms with Gasteiger partial charge in [0.15, 0.2) is 11.7 Å². The Morgan fingerprint density at radius 1 is 1.33 bits per heavy atom. The fraction of sp³-hybridized carbons (Fsp3) is 0.562. The molecule has 8 heteroatoms. The molecule has 3 N–H and O–H groups in total. The van der Waals surface area contributed by atoms with E-state index < -0.39 is 6.36 Å². The Morgan fingerprint density at radius 3 is 2.67 bits per heavy atom. The van der Waals surface area contributed by atoms with Crippen LogP contribution in [0.15, 0.2) is 29.3 Å². The average Bonchev–Trinajstić information content (AvgIpc) is 2.50. The fourth-order valence-electron chi connectivity index (χ4n) is 2.68. The molecule has 0 radical (unpaired) electrons. The van der Waals surface area contributed by atoms with Gasteiger partial charge >= 0.3 is 6.36 Å². The molecule has 0 atom stereocenters. The molecule has 1 aromatic rings. The number of para-hydroxylation sites is 2. The Labute approximate surface area is 139 Å². The van der Waals surface area contributed by atoms with Gasteiger partial charge in [0.05, 0.1) is 5.69 Å². The minimum absolute atomic E-state index is 0.0844. The number of anilines is 1. The van der Waals surface area contributed by atoms with Crippen LogP contribution < -0.4 is 15.8 Å². The molecule has 0 bridgehead atoms. The van der Waals surface area contributed by atoms with Gasteiger partial charge in [0.2, 0.25) is 0 Å². The first-order valence-corrected chi connectivity index (χ1v) is 7.94. The molecule has 1 fully saturated rings. The summed E-state index contributed by atoms with van der Waals surface area (Å²) in [5, 5.41) is 2.67. The van der Waals surface area contributed by atoms with Crippen LogP contribution in [0.5, 0.6) is 5.75 Å². The third kappa shape index (κ3) is 6.27. The zero-order valence-corrected chi connectivity index (χ0v) is 13.6. The number of halogens is 3. The lowest BCUT2D eigenvalue weighted by atomic mass is 9.94. The van der Waals surface area contributed by atoms with Crippen LogP contribution in [0.4, 0.5) is 18.9 Å². The van der Waals surface area contributed by atoms with Crippen molar-refractivity contribution in [3.8, 4) is 5.75 Å². The van der Waals surface area contributed by atoms with Crippen LogP contribution in [0.25, 0.3) is 0 Å². The van der Waals surface area contributed by atoms with Crippen LogP contribution in [0, 0.1) is 5.92 Å². The van der Waals surface area contributed by atoms with Gasteiger partial charge in [-0.2, -0.15) is 0 Å². The molecule has 2 rings (SSSR count). The normalized spacial score (nSPS) is 17.8. The molecule has 0 aromatic heterocycles. The van der Waals surface area contributed by atoms with Crippen molar-refractivity contribution in [3.05, 3.63) is 24.3 Å². The number of nitrogens with zero attached hydrogens (tertiary/aromatic N) is 2. The smallest absolute Gasteiger partial charge is 0.404 e. The number of aliphatic imine (C=N–C) groups is 1. The van der Waals surface area contributed by atoms with Crippen LogP contribution in [0.2, 0.25) is 0 Å². The summed E-state index contributed by atoms with van der Waals surface area (Å²) in [5.74, 6) is 0.373. The second-order valence-electron chi connectivity index (χ2n) is 5.97. The number of likely N-dealkylation sites (tertiary alicyclic amines) is 1. The highest BCUT2D eigenvalue weighted by Crippen LogP contribution is 2.29. The molecule has 1 aliphatic heterocycles. The SMILES string of the molecule is CN1CCC(CCN=C(N)Nc2ccccc2OC(F)(F)F)CC1. The number of rotatable bonds is 5. The van der Waals surface area contributed by atoms with E-state index in [1.54, 1.807) is 6.07 Å². The van der Waals surface area contributed by atoms with Crippen molar-refractivity contribution in [1.82, 2.24) is 4.90 Å². The minimum Gasteiger partial charge on any atom is -0.404 e. The number of hydrogen-bond donors (Lipinski definition) is 2. The lowest BCUT2D eigenvalue weighted by Gasteiger charge is -2.28. The lowest BCUT2D eigenvalue weighted by Crippen LogP contribution is -2.30. The molecular formula is C16H23F3N4O. The van der Waals surface area contributed by atoms with Gasteiger partial charge in [-0.3, -0.25) is 4.99 Å². The molecule has 0 amide bonds. The first kappa shape index (κ1) is 18.4. The largest absolute Gasteiger partial charge is 0.573 e. The summed E-state index contributed by atoms with van der Waals surface area (Å²) >= 11 is 0. The number of ether oxygens (including phenoxy) is 1. The van der Waals surface area contributed by atoms with E-state index in [2.05, 4.69) is 27.0 Å². The van der Waals surface area contributed by atoms with Crippen molar-refractivity contribution in [2.24, 2.45) is 16.6 Å². The van der Waals surface area contributed by atoms with Crippen LogP contribution in [-0.4, -0.2) is 43.9 Å². The first-order valence-electron chi connectivity index (χ1n) is 7.94. The maximum absolute atomic E-state index is 12.4. The van der Waals surface area contributed by atoms with Crippen molar-refractivity contribution >= 4 is 11.6 Å². The molecule has 1 heterocycles. The molecule has 0 unspecified atom stereocenters. The van der Waals surface area contributed by atoms with Gasteiger partial charge in [-0.15, -0.1) is 13.2 Å². The molecule has 134 valence electrons. The Morgan fingerprint density at radius 2 is 2.00 bits per heavy atom. The number of alkyl halides is 3. The number of piperidine rings is 1. The molecule has 1 aromatic carbocycles. The van der Waals surface area contributed by atoms with Gasteiger partial charge in [0.1, 0.15) is 0 Å². The minimum atomic E-state index is -4.75. The van der Waals surface area contributed by atoms with Gasteiger partial charge < -0.3 is 20.7 Å². The summed E-state index contributed by atoms with van der Waals surface area (Å²) in [6.45, 7) is 2.73. The zero-order valence-electron chi connectivity index (χ0n) is 13.6. The standard InChI is InChI=1S/C16H23F3N4O/c1-23-10-7-12(8-11-23)6-9-21-15(20)22-13-4-2-3-5-14(13)24-16(17,18)19/h2-5,12H,6-11H2,1H3,(H3,20,21,22). The predicted octanol–water partition coefficient (Wildman–Crippen LogP) is 3.04. The molecule has 0 saturated carbocycles. The summed E-state index contributed by atoms with van der Waals surface area (Å²) in [6, 6.07) is 5.74. The van der Waals surface area contributed by atoms with E-state index in [0.29, 0.717) is 12.5 Å². The Balaban J connectivity index is 1.86. The number of nitrogens with one attached hydrogen (secondary N) is 1. The van der Waals surface area contributed by atoms with Crippen molar-refractivity contribution in [2.45, 2.75) is 25.6 Å². The Hall–Kier alpha value is -1.96. The van der Waals surface area contributed by atoms with Crippen LogP contribution in [0.1, 0.15) is 19.3 Å². The second-order valence-corrected chi connectivity index (χ2v) is 5.97. The third-order valence-electron chi connectivity index (χ3n) is 4.03. The van der Waals surface area contributed by atoms with Crippen molar-refractivity contribution in [3.63, 3.8) is 0 Å². The fourth-order valence-corrected chi connectivity index (χ4v) is 2.68. The summed E-state index contributed by atoms with van der Waals surface area (Å²) in [5.41, 5.74) is 5.90. The zero-order chi connectivity index (χ0) is 17.6. The molecule has 0 aliphatic carbocycles. The number of hydrogen-bond acceptors (Lipinski definition) is 3. The number of guanidine groups is 1. The highest BCUT2D eigenvalue weighted by Gasteiger charge is 2.32. The molecular weight excluding hydrogens is 321 g/mol. The highest BCUT2D eigenvalue weighted by atomic mass is 19.4. The van der Waals surface area contributed by atoms with E-state index in [-0.39, 0.29) is 17.4 Å². The van der Waals surface area contributed by atoms with Gasteiger partial charge in [-0.1, -0.05) is 12.1 Å². The van der Waals surface area contributed by atoms with Crippen molar-refractivity contribution in [1.29, 1.82) is 0 Å². The van der Waals surface area contributed by atoms with Crippen molar-refractivity contribution in [2.75, 3.05) is 32.0 Å². The van der Waals surface area contributed by atoms with Crippen LogP contribution >= 0.6 is 0 Å². The Bertz CT molecular complexity index is 554. The lowest BCUT2D eigenvalue weighted by molar-refractivity contribution is -0.274. The summed E-state index contributed by atoms with van der Waals surface area (Å²) in [4.78, 5) is 6.50. The van der Waals surface area contributed by atoms with E-state index in [4.69, 9.17) is 5.73 Å². The van der Waals surface area contributed by atoms with Gasteiger partial charge in [0, 0.05) is 6.54 Å². The topological polar surface area (TPSA) is 62.9 Å². The van der Waals surface area contributed by atoms with Crippen molar-refractivity contribution < 1.29 is 17.9 Å². The monoisotopic (exact) mass is 344 g/mol. The predicted molar refractivity (Wildman–Crippen MR) is 88.1 cm³/mol. The van der Waals surface area contributed by atoms with Crippen LogP contribution in [-0.2, 0) is 0 Å². The van der Waals surface area contributed by atoms with E-state index in [9.17, 15) is 13.2 Å². The van der Waals surface area contributed by atoms with E-state index in [1.807, 2.05) is 0 Å². The summed E-state index contributed by atoms with van der Waals surface area (Å²) in [6.07, 6.45) is -1.54. The molecule has 1 saturated heterocycles. The summed E-state index contributed by atoms with van der Waals surface area (Å²) < 4.78 is 41.1. The number of benzene rings is 1. The highest BCUT2D eigenvalue weighted by molar-refractivity contribution is 5.93. The first-order chi connectivity index (χ1) is 11.3. The second kappa shape index (κ2) is 8.23. The Kier molecular flexibility index (Phi) is 6.30. The van der Waals surface area contributed by atoms with Crippen LogP contribution in [0.3, 0.4) is 0 Å². The third-order valence-corrected chi connectivity index (χ3v) is 4.03. The van der Waals surface area contributed by atoms with Gasteiger partial charge in [-0.05, 0) is 57.5 Å². The number of nitrogens with two attached hydrogens (primary N) is 1. The maximum atomic E-state index is 12.4. The molecule has 5 nitrogen and oxygen atoms in total. The maximum Gasteiger partial charge on any atom is 0.573 e.